The highest BCUT2D eigenvalue weighted by molar-refractivity contribution is 8.00. The van der Waals surface area contributed by atoms with Crippen molar-refractivity contribution in [3.63, 3.8) is 0 Å². The lowest BCUT2D eigenvalue weighted by Gasteiger charge is -2.16. The molecular weight excluding hydrogens is 392 g/mol. The van der Waals surface area contributed by atoms with Crippen LogP contribution in [0.2, 0.25) is 0 Å². The Morgan fingerprint density at radius 1 is 1.07 bits per heavy atom. The van der Waals surface area contributed by atoms with E-state index in [-0.39, 0.29) is 5.91 Å². The van der Waals surface area contributed by atoms with Crippen LogP contribution in [0.15, 0.2) is 64.5 Å². The molecule has 5 nitrogen and oxygen atoms in total. The van der Waals surface area contributed by atoms with Crippen LogP contribution >= 0.6 is 11.8 Å². The molecule has 30 heavy (non-hydrogen) atoms. The molecule has 2 aromatic rings. The minimum Gasteiger partial charge on any atom is -0.357 e. The summed E-state index contributed by atoms with van der Waals surface area (Å²) in [5.41, 5.74) is 2.54. The third-order valence-corrected chi connectivity index (χ3v) is 6.08. The lowest BCUT2D eigenvalue weighted by atomic mass is 10.1. The van der Waals surface area contributed by atoms with Gasteiger partial charge >= 0.3 is 0 Å². The standard InChI is InChI=1S/C24H32N4OS/c1-3-25-24(27-16-19(2)30-22-12-5-4-6-13-22)26-15-9-14-23(29)28-17-20-10-7-8-11-21(20)18-28/h4-8,10-13,19H,3,9,14-18H2,1-2H3,(H2,25,26,27). The second-order valence-corrected chi connectivity index (χ2v) is 9.02. The zero-order valence-corrected chi connectivity index (χ0v) is 18.8. The fraction of sp³-hybridized carbons (Fsp3) is 0.417. The summed E-state index contributed by atoms with van der Waals surface area (Å²) in [5.74, 6) is 1.04. The molecule has 0 saturated carbocycles. The van der Waals surface area contributed by atoms with Gasteiger partial charge in [0.05, 0.1) is 6.54 Å². The molecule has 0 spiro atoms. The van der Waals surface area contributed by atoms with Crippen LogP contribution in [0.5, 0.6) is 0 Å². The Labute approximate surface area is 184 Å². The average molecular weight is 425 g/mol. The summed E-state index contributed by atoms with van der Waals surface area (Å²) in [5, 5.41) is 7.04. The van der Waals surface area contributed by atoms with Gasteiger partial charge in [0.25, 0.3) is 0 Å². The molecule has 0 saturated heterocycles. The number of carbonyl (C=O) groups is 1. The van der Waals surface area contributed by atoms with Crippen molar-refractivity contribution in [1.29, 1.82) is 0 Å². The molecule has 2 aromatic carbocycles. The molecule has 1 aliphatic heterocycles. The second-order valence-electron chi connectivity index (χ2n) is 7.51. The minimum absolute atomic E-state index is 0.225. The number of hydrogen-bond donors (Lipinski definition) is 2. The van der Waals surface area contributed by atoms with E-state index in [4.69, 9.17) is 4.99 Å². The molecule has 160 valence electrons. The van der Waals surface area contributed by atoms with Gasteiger partial charge in [0.2, 0.25) is 5.91 Å². The Bertz CT molecular complexity index is 815. The zero-order valence-electron chi connectivity index (χ0n) is 17.9. The summed E-state index contributed by atoms with van der Waals surface area (Å²) in [6, 6.07) is 18.7. The summed E-state index contributed by atoms with van der Waals surface area (Å²) >= 11 is 1.83. The Hall–Kier alpha value is -2.47. The van der Waals surface area contributed by atoms with Gasteiger partial charge in [-0.3, -0.25) is 9.79 Å². The van der Waals surface area contributed by atoms with Crippen molar-refractivity contribution in [2.45, 2.75) is 49.9 Å². The van der Waals surface area contributed by atoms with Crippen molar-refractivity contribution in [3.8, 4) is 0 Å². The Kier molecular flexibility index (Phi) is 8.63. The topological polar surface area (TPSA) is 56.7 Å². The number of nitrogens with zero attached hydrogens (tertiary/aromatic N) is 2. The minimum atomic E-state index is 0.225. The molecule has 6 heteroatoms. The van der Waals surface area contributed by atoms with Crippen LogP contribution < -0.4 is 10.6 Å². The van der Waals surface area contributed by atoms with E-state index in [0.29, 0.717) is 11.7 Å². The molecule has 0 fully saturated rings. The maximum absolute atomic E-state index is 12.5. The first-order valence-corrected chi connectivity index (χ1v) is 11.6. The van der Waals surface area contributed by atoms with Gasteiger partial charge in [0.15, 0.2) is 5.96 Å². The average Bonchev–Trinajstić information content (AvgIpc) is 3.20. The highest BCUT2D eigenvalue weighted by Crippen LogP contribution is 2.23. The van der Waals surface area contributed by atoms with Crippen LogP contribution in [0, 0.1) is 0 Å². The summed E-state index contributed by atoms with van der Waals surface area (Å²) in [4.78, 5) is 20.4. The molecule has 0 bridgehead atoms. The fourth-order valence-corrected chi connectivity index (χ4v) is 4.37. The van der Waals surface area contributed by atoms with Gasteiger partial charge in [0, 0.05) is 42.7 Å². The largest absolute Gasteiger partial charge is 0.357 e. The van der Waals surface area contributed by atoms with Gasteiger partial charge in [-0.15, -0.1) is 11.8 Å². The van der Waals surface area contributed by atoms with Crippen molar-refractivity contribution in [1.82, 2.24) is 15.5 Å². The predicted octanol–water partition coefficient (Wildman–Crippen LogP) is 4.04. The molecule has 1 amide bonds. The first kappa shape index (κ1) is 22.2. The van der Waals surface area contributed by atoms with E-state index in [1.54, 1.807) is 0 Å². The number of nitrogens with one attached hydrogen (secondary N) is 2. The maximum atomic E-state index is 12.5. The van der Waals surface area contributed by atoms with Gasteiger partial charge in [-0.05, 0) is 36.6 Å². The number of aliphatic imine (C=N–C) groups is 1. The highest BCUT2D eigenvalue weighted by Gasteiger charge is 2.22. The van der Waals surface area contributed by atoms with E-state index in [2.05, 4.69) is 60.9 Å². The summed E-state index contributed by atoms with van der Waals surface area (Å²) in [6.07, 6.45) is 1.35. The summed E-state index contributed by atoms with van der Waals surface area (Å²) in [7, 11) is 0. The first-order valence-electron chi connectivity index (χ1n) is 10.7. The maximum Gasteiger partial charge on any atom is 0.223 e. The number of fused-ring (bicyclic) bond motifs is 1. The Morgan fingerprint density at radius 3 is 2.40 bits per heavy atom. The van der Waals surface area contributed by atoms with Crippen molar-refractivity contribution < 1.29 is 4.79 Å². The lowest BCUT2D eigenvalue weighted by molar-refractivity contribution is -0.131. The van der Waals surface area contributed by atoms with Crippen LogP contribution in [-0.2, 0) is 17.9 Å². The van der Waals surface area contributed by atoms with Crippen LogP contribution in [0.25, 0.3) is 0 Å². The molecule has 0 aromatic heterocycles. The first-order chi connectivity index (χ1) is 14.7. The molecule has 1 heterocycles. The van der Waals surface area contributed by atoms with Crippen molar-refractivity contribution in [2.24, 2.45) is 4.99 Å². The molecule has 2 N–H and O–H groups in total. The normalized spacial score (nSPS) is 14.3. The van der Waals surface area contributed by atoms with Crippen LogP contribution in [0.3, 0.4) is 0 Å². The van der Waals surface area contributed by atoms with Crippen molar-refractivity contribution >= 4 is 23.6 Å². The summed E-state index contributed by atoms with van der Waals surface area (Å²) in [6.45, 7) is 8.02. The van der Waals surface area contributed by atoms with Gasteiger partial charge in [-0.2, -0.15) is 0 Å². The van der Waals surface area contributed by atoms with E-state index >= 15 is 0 Å². The van der Waals surface area contributed by atoms with Gasteiger partial charge < -0.3 is 15.5 Å². The van der Waals surface area contributed by atoms with Crippen molar-refractivity contribution in [3.05, 3.63) is 65.7 Å². The van der Waals surface area contributed by atoms with Gasteiger partial charge in [0.1, 0.15) is 0 Å². The van der Waals surface area contributed by atoms with E-state index in [0.717, 1.165) is 45.1 Å². The number of guanidine groups is 1. The predicted molar refractivity (Wildman–Crippen MR) is 126 cm³/mol. The van der Waals surface area contributed by atoms with Crippen molar-refractivity contribution in [2.75, 3.05) is 19.6 Å². The third-order valence-electron chi connectivity index (χ3n) is 4.98. The number of rotatable bonds is 9. The monoisotopic (exact) mass is 424 g/mol. The SMILES string of the molecule is CCNC(=NCC(C)Sc1ccccc1)NCCCC(=O)N1Cc2ccccc2C1. The molecular formula is C24H32N4OS. The number of carbonyl (C=O) groups excluding carboxylic acids is 1. The number of amides is 1. The Balaban J connectivity index is 1.38. The zero-order chi connectivity index (χ0) is 21.2. The van der Waals surface area contributed by atoms with E-state index in [9.17, 15) is 4.79 Å². The molecule has 1 unspecified atom stereocenters. The number of benzene rings is 2. The molecule has 1 atom stereocenters. The van der Waals surface area contributed by atoms with Gasteiger partial charge in [-0.25, -0.2) is 0 Å². The van der Waals surface area contributed by atoms with E-state index in [1.807, 2.05) is 34.9 Å². The third kappa shape index (κ3) is 6.80. The van der Waals surface area contributed by atoms with Crippen LogP contribution in [0.4, 0.5) is 0 Å². The fourth-order valence-electron chi connectivity index (χ4n) is 3.44. The lowest BCUT2D eigenvalue weighted by Crippen LogP contribution is -2.38. The number of thioether (sulfide) groups is 1. The molecule has 0 radical (unpaired) electrons. The van der Waals surface area contributed by atoms with Gasteiger partial charge in [-0.1, -0.05) is 49.4 Å². The molecule has 3 rings (SSSR count). The second kappa shape index (κ2) is 11.6. The quantitative estimate of drug-likeness (QED) is 0.276. The van der Waals surface area contributed by atoms with Crippen LogP contribution in [0.1, 0.15) is 37.8 Å². The smallest absolute Gasteiger partial charge is 0.223 e. The highest BCUT2D eigenvalue weighted by atomic mass is 32.2. The van der Waals surface area contributed by atoms with E-state index < -0.39 is 0 Å². The number of hydrogen-bond acceptors (Lipinski definition) is 3. The van der Waals surface area contributed by atoms with E-state index in [1.165, 1.54) is 16.0 Å². The molecule has 0 aliphatic carbocycles. The summed E-state index contributed by atoms with van der Waals surface area (Å²) < 4.78 is 0. The molecule has 1 aliphatic rings. The van der Waals surface area contributed by atoms with Crippen LogP contribution in [-0.4, -0.2) is 41.7 Å². The Morgan fingerprint density at radius 2 is 1.73 bits per heavy atom.